The van der Waals surface area contributed by atoms with E-state index < -0.39 is 0 Å². The van der Waals surface area contributed by atoms with Crippen molar-refractivity contribution < 1.29 is 14.3 Å². The second-order valence-corrected chi connectivity index (χ2v) is 5.99. The van der Waals surface area contributed by atoms with E-state index in [4.69, 9.17) is 9.47 Å². The first-order valence-corrected chi connectivity index (χ1v) is 8.46. The zero-order valence-corrected chi connectivity index (χ0v) is 15.5. The molecule has 0 atom stereocenters. The van der Waals surface area contributed by atoms with E-state index in [0.29, 0.717) is 17.3 Å². The van der Waals surface area contributed by atoms with Gasteiger partial charge in [-0.15, -0.1) is 5.10 Å². The van der Waals surface area contributed by atoms with Gasteiger partial charge in [-0.05, 0) is 59.7 Å². The third-order valence-corrected chi connectivity index (χ3v) is 4.14. The van der Waals surface area contributed by atoms with E-state index in [9.17, 15) is 4.79 Å². The molecule has 8 heteroatoms. The topological polar surface area (TPSA) is 91.2 Å². The first-order chi connectivity index (χ1) is 13.1. The van der Waals surface area contributed by atoms with Gasteiger partial charge in [-0.25, -0.2) is 0 Å². The number of methoxy groups -OCH3 is 1. The van der Waals surface area contributed by atoms with Crippen molar-refractivity contribution in [1.29, 1.82) is 0 Å². The zero-order valence-electron chi connectivity index (χ0n) is 15.5. The van der Waals surface area contributed by atoms with Gasteiger partial charge in [0.15, 0.2) is 23.9 Å². The monoisotopic (exact) mass is 367 g/mol. The maximum Gasteiger partial charge on any atom is 0.258 e. The Morgan fingerprint density at radius 1 is 1.11 bits per heavy atom. The van der Waals surface area contributed by atoms with Crippen LogP contribution in [0.2, 0.25) is 0 Å². The molecule has 0 aliphatic carbocycles. The van der Waals surface area contributed by atoms with Crippen molar-refractivity contribution in [3.63, 3.8) is 0 Å². The second-order valence-electron chi connectivity index (χ2n) is 5.99. The number of hydrogen-bond donors (Lipinski definition) is 1. The average molecular weight is 367 g/mol. The lowest BCUT2D eigenvalue weighted by Crippen LogP contribution is -2.29. The molecule has 1 amide bonds. The Kier molecular flexibility index (Phi) is 5.65. The number of nitrogens with one attached hydrogen (secondary N) is 1. The number of para-hydroxylation sites is 2. The quantitative estimate of drug-likeness (QED) is 0.687. The van der Waals surface area contributed by atoms with Crippen LogP contribution in [0, 0.1) is 13.8 Å². The van der Waals surface area contributed by atoms with Crippen molar-refractivity contribution in [3.05, 3.63) is 59.4 Å². The molecule has 0 radical (unpaired) electrons. The average Bonchev–Trinajstić information content (AvgIpc) is 3.15. The fourth-order valence-electron chi connectivity index (χ4n) is 2.48. The predicted octanol–water partition coefficient (Wildman–Crippen LogP) is 1.98. The van der Waals surface area contributed by atoms with Gasteiger partial charge in [0.25, 0.3) is 5.91 Å². The molecule has 27 heavy (non-hydrogen) atoms. The number of carbonyl (C=O) groups is 1. The Morgan fingerprint density at radius 3 is 2.63 bits per heavy atom. The molecule has 8 nitrogen and oxygen atoms in total. The minimum Gasteiger partial charge on any atom is -0.493 e. The number of nitrogens with zero attached hydrogens (tertiary/aromatic N) is 4. The van der Waals surface area contributed by atoms with Gasteiger partial charge in [-0.1, -0.05) is 18.2 Å². The maximum atomic E-state index is 12.1. The van der Waals surface area contributed by atoms with Crippen molar-refractivity contribution in [2.24, 2.45) is 0 Å². The molecule has 3 rings (SSSR count). The minimum atomic E-state index is -0.282. The second kappa shape index (κ2) is 8.31. The SMILES string of the molecule is COc1ccccc1OCC(=O)NCc1nnnn1-c1ccc(C)c(C)c1. The van der Waals surface area contributed by atoms with Gasteiger partial charge in [0.2, 0.25) is 0 Å². The molecule has 0 bridgehead atoms. The van der Waals surface area contributed by atoms with E-state index >= 15 is 0 Å². The molecule has 0 fully saturated rings. The van der Waals surface area contributed by atoms with E-state index in [1.807, 2.05) is 44.2 Å². The number of benzene rings is 2. The minimum absolute atomic E-state index is 0.133. The molecule has 0 saturated carbocycles. The van der Waals surface area contributed by atoms with Gasteiger partial charge >= 0.3 is 0 Å². The molecule has 0 aliphatic rings. The Morgan fingerprint density at radius 2 is 1.89 bits per heavy atom. The number of aromatic nitrogens is 4. The van der Waals surface area contributed by atoms with E-state index in [1.54, 1.807) is 23.9 Å². The molecule has 0 aliphatic heterocycles. The van der Waals surface area contributed by atoms with E-state index in [0.717, 1.165) is 11.3 Å². The van der Waals surface area contributed by atoms with Gasteiger partial charge in [0, 0.05) is 0 Å². The highest BCUT2D eigenvalue weighted by Gasteiger charge is 2.12. The molecule has 0 unspecified atom stereocenters. The summed E-state index contributed by atoms with van der Waals surface area (Å²) in [7, 11) is 1.55. The fourth-order valence-corrected chi connectivity index (χ4v) is 2.48. The highest BCUT2D eigenvalue weighted by Crippen LogP contribution is 2.25. The summed E-state index contributed by atoms with van der Waals surface area (Å²) in [5.41, 5.74) is 3.18. The summed E-state index contributed by atoms with van der Waals surface area (Å²) >= 11 is 0. The standard InChI is InChI=1S/C19H21N5O3/c1-13-8-9-15(10-14(13)2)24-18(21-22-23-24)11-20-19(25)12-27-17-7-5-4-6-16(17)26-3/h4-10H,11-12H2,1-3H3,(H,20,25). The Labute approximate surface area is 157 Å². The maximum absolute atomic E-state index is 12.1. The largest absolute Gasteiger partial charge is 0.493 e. The van der Waals surface area contributed by atoms with Crippen LogP contribution in [0.1, 0.15) is 17.0 Å². The third-order valence-electron chi connectivity index (χ3n) is 4.14. The first-order valence-electron chi connectivity index (χ1n) is 8.46. The van der Waals surface area contributed by atoms with Crippen LogP contribution in [-0.4, -0.2) is 39.8 Å². The number of hydrogen-bond acceptors (Lipinski definition) is 6. The van der Waals surface area contributed by atoms with Crippen LogP contribution in [0.5, 0.6) is 11.5 Å². The predicted molar refractivity (Wildman–Crippen MR) is 99.0 cm³/mol. The molecule has 140 valence electrons. The molecular weight excluding hydrogens is 346 g/mol. The summed E-state index contributed by atoms with van der Waals surface area (Å²) in [6.07, 6.45) is 0. The van der Waals surface area contributed by atoms with Crippen molar-refractivity contribution in [3.8, 4) is 17.2 Å². The van der Waals surface area contributed by atoms with Gasteiger partial charge in [-0.3, -0.25) is 4.79 Å². The highest BCUT2D eigenvalue weighted by atomic mass is 16.5. The normalized spacial score (nSPS) is 10.5. The van der Waals surface area contributed by atoms with E-state index in [2.05, 4.69) is 20.8 Å². The van der Waals surface area contributed by atoms with Crippen LogP contribution in [0.25, 0.3) is 5.69 Å². The number of tetrazole rings is 1. The summed E-state index contributed by atoms with van der Waals surface area (Å²) in [5, 5.41) is 14.5. The molecule has 1 heterocycles. The Bertz CT molecular complexity index is 939. The van der Waals surface area contributed by atoms with Crippen LogP contribution in [0.3, 0.4) is 0 Å². The molecule has 3 aromatic rings. The highest BCUT2D eigenvalue weighted by molar-refractivity contribution is 5.77. The van der Waals surface area contributed by atoms with Crippen LogP contribution < -0.4 is 14.8 Å². The molecule has 1 aromatic heterocycles. The smallest absolute Gasteiger partial charge is 0.258 e. The molecule has 0 saturated heterocycles. The fraction of sp³-hybridized carbons (Fsp3) is 0.263. The summed E-state index contributed by atoms with van der Waals surface area (Å²) < 4.78 is 12.3. The van der Waals surface area contributed by atoms with Gasteiger partial charge in [0.1, 0.15) is 0 Å². The number of carbonyl (C=O) groups excluding carboxylic acids is 1. The number of ether oxygens (including phenoxy) is 2. The Balaban J connectivity index is 1.60. The van der Waals surface area contributed by atoms with Gasteiger partial charge < -0.3 is 14.8 Å². The molecule has 0 spiro atoms. The first kappa shape index (κ1) is 18.4. The van der Waals surface area contributed by atoms with Gasteiger partial charge in [-0.2, -0.15) is 4.68 Å². The molecule has 1 N–H and O–H groups in total. The number of aryl methyl sites for hydroxylation is 2. The zero-order chi connectivity index (χ0) is 19.2. The Hall–Kier alpha value is -3.42. The van der Waals surface area contributed by atoms with Crippen LogP contribution in [-0.2, 0) is 11.3 Å². The number of amides is 1. The van der Waals surface area contributed by atoms with Crippen LogP contribution in [0.15, 0.2) is 42.5 Å². The lowest BCUT2D eigenvalue weighted by atomic mass is 10.1. The summed E-state index contributed by atoms with van der Waals surface area (Å²) in [4.78, 5) is 12.1. The van der Waals surface area contributed by atoms with Crippen LogP contribution in [0.4, 0.5) is 0 Å². The molecular formula is C19H21N5O3. The summed E-state index contributed by atoms with van der Waals surface area (Å²) in [6, 6.07) is 13.1. The summed E-state index contributed by atoms with van der Waals surface area (Å²) in [5.74, 6) is 1.33. The van der Waals surface area contributed by atoms with E-state index in [-0.39, 0.29) is 19.1 Å². The van der Waals surface area contributed by atoms with Crippen LogP contribution >= 0.6 is 0 Å². The van der Waals surface area contributed by atoms with Crippen molar-refractivity contribution in [2.75, 3.05) is 13.7 Å². The van der Waals surface area contributed by atoms with Crippen molar-refractivity contribution in [2.45, 2.75) is 20.4 Å². The lowest BCUT2D eigenvalue weighted by Gasteiger charge is -2.11. The summed E-state index contributed by atoms with van der Waals surface area (Å²) in [6.45, 7) is 4.13. The van der Waals surface area contributed by atoms with E-state index in [1.165, 1.54) is 5.56 Å². The van der Waals surface area contributed by atoms with Gasteiger partial charge in [0.05, 0.1) is 19.3 Å². The van der Waals surface area contributed by atoms with Crippen molar-refractivity contribution in [1.82, 2.24) is 25.5 Å². The number of rotatable bonds is 7. The lowest BCUT2D eigenvalue weighted by molar-refractivity contribution is -0.123. The molecule has 2 aromatic carbocycles. The third kappa shape index (κ3) is 4.41. The van der Waals surface area contributed by atoms with Crippen molar-refractivity contribution >= 4 is 5.91 Å².